The monoisotopic (exact) mass is 297 g/mol. The van der Waals surface area contributed by atoms with Gasteiger partial charge in [0.1, 0.15) is 12.6 Å². The van der Waals surface area contributed by atoms with Crippen LogP contribution in [0.3, 0.4) is 0 Å². The molecule has 0 radical (unpaired) electrons. The maximum atomic E-state index is 12.1. The fourth-order valence-corrected chi connectivity index (χ4v) is 1.71. The highest BCUT2D eigenvalue weighted by Crippen LogP contribution is 2.03. The molecule has 1 atom stereocenters. The molecule has 1 rings (SSSR count). The first-order chi connectivity index (χ1) is 9.81. The molecular formula is C12H19N5O4. The van der Waals surface area contributed by atoms with E-state index in [-0.39, 0.29) is 19.0 Å². The minimum atomic E-state index is -1.18. The van der Waals surface area contributed by atoms with Gasteiger partial charge in [-0.25, -0.2) is 14.6 Å². The topological polar surface area (TPSA) is 141 Å². The number of hydrogen-bond donors (Lipinski definition) is 4. The third kappa shape index (κ3) is 5.13. The summed E-state index contributed by atoms with van der Waals surface area (Å²) in [6.45, 7) is 3.13. The Hall–Kier alpha value is -2.58. The number of aromatic nitrogens is 2. The van der Waals surface area contributed by atoms with Crippen LogP contribution in [0.15, 0.2) is 12.5 Å². The van der Waals surface area contributed by atoms with Crippen LogP contribution in [0.5, 0.6) is 0 Å². The first-order valence-corrected chi connectivity index (χ1v) is 6.36. The molecule has 9 heteroatoms. The average Bonchev–Trinajstić information content (AvgIpc) is 2.87. The molecule has 21 heavy (non-hydrogen) atoms. The van der Waals surface area contributed by atoms with Gasteiger partial charge in [-0.15, -0.1) is 0 Å². The number of urea groups is 1. The van der Waals surface area contributed by atoms with Crippen molar-refractivity contribution in [1.29, 1.82) is 0 Å². The molecule has 1 aromatic rings. The number of H-pyrrole nitrogens is 1. The van der Waals surface area contributed by atoms with Crippen molar-refractivity contribution in [3.8, 4) is 0 Å². The van der Waals surface area contributed by atoms with Gasteiger partial charge < -0.3 is 26.0 Å². The van der Waals surface area contributed by atoms with E-state index in [0.717, 1.165) is 0 Å². The van der Waals surface area contributed by atoms with Crippen LogP contribution < -0.4 is 11.1 Å². The van der Waals surface area contributed by atoms with Crippen LogP contribution in [-0.4, -0.2) is 56.5 Å². The van der Waals surface area contributed by atoms with Gasteiger partial charge >= 0.3 is 12.0 Å². The Labute approximate surface area is 121 Å². The quantitative estimate of drug-likeness (QED) is 0.527. The van der Waals surface area contributed by atoms with E-state index < -0.39 is 23.9 Å². The van der Waals surface area contributed by atoms with Crippen molar-refractivity contribution in [2.45, 2.75) is 32.4 Å². The molecule has 3 amide bonds. The summed E-state index contributed by atoms with van der Waals surface area (Å²) in [5.74, 6) is -1.85. The molecular weight excluding hydrogens is 278 g/mol. The van der Waals surface area contributed by atoms with Crippen LogP contribution in [0.4, 0.5) is 4.79 Å². The number of rotatable bonds is 7. The summed E-state index contributed by atoms with van der Waals surface area (Å²) in [7, 11) is 0. The Balaban J connectivity index is 2.74. The zero-order valence-electron chi connectivity index (χ0n) is 11.9. The fraction of sp³-hybridized carbons (Fsp3) is 0.500. The molecule has 0 aliphatic rings. The SMILES string of the molecule is CC(C)N(CC(N)=O)C(=O)NC(Cc1cnc[nH]1)C(=O)O. The largest absolute Gasteiger partial charge is 0.480 e. The summed E-state index contributed by atoms with van der Waals surface area (Å²) in [6, 6.07) is -2.08. The number of nitrogens with one attached hydrogen (secondary N) is 2. The normalized spacial score (nSPS) is 12.0. The van der Waals surface area contributed by atoms with Gasteiger partial charge in [-0.1, -0.05) is 0 Å². The first kappa shape index (κ1) is 16.5. The molecule has 0 spiro atoms. The Morgan fingerprint density at radius 3 is 2.57 bits per heavy atom. The van der Waals surface area contributed by atoms with Gasteiger partial charge in [-0.2, -0.15) is 0 Å². The molecule has 1 unspecified atom stereocenters. The van der Waals surface area contributed by atoms with Gasteiger partial charge in [-0.3, -0.25) is 4.79 Å². The molecule has 1 heterocycles. The smallest absolute Gasteiger partial charge is 0.326 e. The summed E-state index contributed by atoms with van der Waals surface area (Å²) < 4.78 is 0. The molecule has 0 fully saturated rings. The fourth-order valence-electron chi connectivity index (χ4n) is 1.71. The van der Waals surface area contributed by atoms with Crippen LogP contribution in [-0.2, 0) is 16.0 Å². The van der Waals surface area contributed by atoms with E-state index >= 15 is 0 Å². The van der Waals surface area contributed by atoms with Crippen LogP contribution in [0.2, 0.25) is 0 Å². The number of hydrogen-bond acceptors (Lipinski definition) is 4. The van der Waals surface area contributed by atoms with Gasteiger partial charge in [-0.05, 0) is 13.8 Å². The van der Waals surface area contributed by atoms with E-state index in [1.807, 2.05) is 0 Å². The molecule has 0 saturated heterocycles. The number of nitrogens with two attached hydrogens (primary N) is 1. The Morgan fingerprint density at radius 1 is 1.48 bits per heavy atom. The molecule has 0 aromatic carbocycles. The molecule has 9 nitrogen and oxygen atoms in total. The zero-order valence-corrected chi connectivity index (χ0v) is 11.9. The highest BCUT2D eigenvalue weighted by atomic mass is 16.4. The van der Waals surface area contributed by atoms with Crippen molar-refractivity contribution in [2.24, 2.45) is 5.73 Å². The number of imidazole rings is 1. The standard InChI is InChI=1S/C12H19N5O4/c1-7(2)17(5-10(13)18)12(21)16-9(11(19)20)3-8-4-14-6-15-8/h4,6-7,9H,3,5H2,1-2H3,(H2,13,18)(H,14,15)(H,16,21)(H,19,20). The minimum Gasteiger partial charge on any atom is -0.480 e. The Morgan fingerprint density at radius 2 is 2.14 bits per heavy atom. The average molecular weight is 297 g/mol. The summed E-state index contributed by atoms with van der Waals surface area (Å²) >= 11 is 0. The van der Waals surface area contributed by atoms with Crippen LogP contribution in [0, 0.1) is 0 Å². The van der Waals surface area contributed by atoms with E-state index in [1.165, 1.54) is 17.4 Å². The van der Waals surface area contributed by atoms with E-state index in [0.29, 0.717) is 5.69 Å². The predicted molar refractivity (Wildman–Crippen MR) is 73.3 cm³/mol. The number of aromatic amines is 1. The van der Waals surface area contributed by atoms with E-state index in [9.17, 15) is 14.4 Å². The molecule has 5 N–H and O–H groups in total. The van der Waals surface area contributed by atoms with E-state index in [1.54, 1.807) is 13.8 Å². The summed E-state index contributed by atoms with van der Waals surface area (Å²) in [5.41, 5.74) is 5.66. The lowest BCUT2D eigenvalue weighted by molar-refractivity contribution is -0.139. The number of nitrogens with zero attached hydrogens (tertiary/aromatic N) is 2. The number of amides is 3. The highest BCUT2D eigenvalue weighted by molar-refractivity contribution is 5.86. The maximum absolute atomic E-state index is 12.1. The maximum Gasteiger partial charge on any atom is 0.326 e. The second-order valence-electron chi connectivity index (χ2n) is 4.81. The second kappa shape index (κ2) is 7.27. The van der Waals surface area contributed by atoms with E-state index in [2.05, 4.69) is 15.3 Å². The van der Waals surface area contributed by atoms with Crippen molar-refractivity contribution < 1.29 is 19.5 Å². The number of primary amides is 1. The molecule has 1 aromatic heterocycles. The molecule has 0 saturated carbocycles. The molecule has 0 aliphatic carbocycles. The van der Waals surface area contributed by atoms with Crippen LogP contribution in [0.1, 0.15) is 19.5 Å². The third-order valence-corrected chi connectivity index (χ3v) is 2.79. The number of carboxylic acids is 1. The lowest BCUT2D eigenvalue weighted by Gasteiger charge is -2.27. The number of carboxylic acid groups (broad SMARTS) is 1. The highest BCUT2D eigenvalue weighted by Gasteiger charge is 2.26. The van der Waals surface area contributed by atoms with Crippen molar-refractivity contribution in [1.82, 2.24) is 20.2 Å². The van der Waals surface area contributed by atoms with Crippen molar-refractivity contribution in [2.75, 3.05) is 6.54 Å². The zero-order chi connectivity index (χ0) is 16.0. The van der Waals surface area contributed by atoms with Gasteiger partial charge in [0.05, 0.1) is 6.33 Å². The van der Waals surface area contributed by atoms with Gasteiger partial charge in [0, 0.05) is 24.4 Å². The Bertz CT molecular complexity index is 500. The number of carbonyl (C=O) groups excluding carboxylic acids is 2. The third-order valence-electron chi connectivity index (χ3n) is 2.79. The van der Waals surface area contributed by atoms with Gasteiger partial charge in [0.2, 0.25) is 5.91 Å². The minimum absolute atomic E-state index is 0.0591. The Kier molecular flexibility index (Phi) is 5.70. The molecule has 0 bridgehead atoms. The lowest BCUT2D eigenvalue weighted by atomic mass is 10.1. The first-order valence-electron chi connectivity index (χ1n) is 6.36. The lowest BCUT2D eigenvalue weighted by Crippen LogP contribution is -2.53. The van der Waals surface area contributed by atoms with Gasteiger partial charge in [0.25, 0.3) is 0 Å². The summed E-state index contributed by atoms with van der Waals surface area (Å²) in [4.78, 5) is 42.0. The van der Waals surface area contributed by atoms with Crippen LogP contribution in [0.25, 0.3) is 0 Å². The number of aliphatic carboxylic acids is 1. The molecule has 0 aliphatic heterocycles. The van der Waals surface area contributed by atoms with Crippen molar-refractivity contribution in [3.63, 3.8) is 0 Å². The molecule has 116 valence electrons. The van der Waals surface area contributed by atoms with Crippen molar-refractivity contribution in [3.05, 3.63) is 18.2 Å². The van der Waals surface area contributed by atoms with Gasteiger partial charge in [0.15, 0.2) is 0 Å². The van der Waals surface area contributed by atoms with E-state index in [4.69, 9.17) is 10.8 Å². The predicted octanol–water partition coefficient (Wildman–Crippen LogP) is -0.689. The van der Waals surface area contributed by atoms with Crippen molar-refractivity contribution >= 4 is 17.9 Å². The summed E-state index contributed by atoms with van der Waals surface area (Å²) in [5, 5.41) is 11.5. The number of carbonyl (C=O) groups is 3. The second-order valence-corrected chi connectivity index (χ2v) is 4.81. The summed E-state index contributed by atoms with van der Waals surface area (Å²) in [6.07, 6.45) is 2.96. The van der Waals surface area contributed by atoms with Crippen LogP contribution >= 0.6 is 0 Å².